The maximum Gasteiger partial charge on any atom is 0.239 e. The summed E-state index contributed by atoms with van der Waals surface area (Å²) in [5.74, 6) is 0.550. The first-order valence-corrected chi connectivity index (χ1v) is 7.81. The highest BCUT2D eigenvalue weighted by molar-refractivity contribution is 5.82. The molecule has 1 aliphatic heterocycles. The lowest BCUT2D eigenvalue weighted by Crippen LogP contribution is -2.42. The van der Waals surface area contributed by atoms with E-state index in [2.05, 4.69) is 49.2 Å². The molecule has 3 N–H and O–H groups in total. The van der Waals surface area contributed by atoms with Crippen LogP contribution in [-0.4, -0.2) is 25.0 Å². The van der Waals surface area contributed by atoms with E-state index in [9.17, 15) is 4.79 Å². The molecule has 0 aromatic heterocycles. The average molecular weight is 289 g/mol. The molecule has 0 saturated heterocycles. The van der Waals surface area contributed by atoms with Crippen LogP contribution in [0.4, 0.5) is 5.69 Å². The van der Waals surface area contributed by atoms with Gasteiger partial charge in [0.2, 0.25) is 5.91 Å². The maximum atomic E-state index is 12.1. The molecule has 1 heterocycles. The Morgan fingerprint density at radius 2 is 2.05 bits per heavy atom. The highest BCUT2D eigenvalue weighted by Crippen LogP contribution is 2.29. The topological polar surface area (TPSA) is 58.4 Å². The van der Waals surface area contributed by atoms with Crippen LogP contribution in [-0.2, 0) is 11.2 Å². The number of nitrogens with zero attached hydrogens (tertiary/aromatic N) is 1. The van der Waals surface area contributed by atoms with Crippen molar-refractivity contribution in [3.05, 3.63) is 29.3 Å². The van der Waals surface area contributed by atoms with Gasteiger partial charge in [-0.15, -0.1) is 0 Å². The van der Waals surface area contributed by atoms with Crippen molar-refractivity contribution in [3.63, 3.8) is 0 Å². The van der Waals surface area contributed by atoms with Crippen molar-refractivity contribution in [1.29, 1.82) is 0 Å². The predicted octanol–water partition coefficient (Wildman–Crippen LogP) is 2.23. The van der Waals surface area contributed by atoms with E-state index in [0.717, 1.165) is 18.5 Å². The van der Waals surface area contributed by atoms with Crippen LogP contribution in [0, 0.1) is 5.92 Å². The molecule has 1 amide bonds. The Hall–Kier alpha value is -1.55. The van der Waals surface area contributed by atoms with Crippen LogP contribution in [0.2, 0.25) is 0 Å². The predicted molar refractivity (Wildman–Crippen MR) is 87.4 cm³/mol. The zero-order chi connectivity index (χ0) is 15.6. The second kappa shape index (κ2) is 6.48. The summed E-state index contributed by atoms with van der Waals surface area (Å²) >= 11 is 0. The summed E-state index contributed by atoms with van der Waals surface area (Å²) in [6, 6.07) is 6.60. The van der Waals surface area contributed by atoms with E-state index >= 15 is 0 Å². The van der Waals surface area contributed by atoms with Crippen molar-refractivity contribution in [2.45, 2.75) is 46.2 Å². The SMILES string of the molecule is CC(N)c1ccc2c(c1)CCN2CC(=O)NC(C)C(C)C. The van der Waals surface area contributed by atoms with Crippen molar-refractivity contribution >= 4 is 11.6 Å². The number of rotatable bonds is 5. The Morgan fingerprint density at radius 1 is 1.33 bits per heavy atom. The van der Waals surface area contributed by atoms with Crippen molar-refractivity contribution in [2.75, 3.05) is 18.0 Å². The van der Waals surface area contributed by atoms with Gasteiger partial charge < -0.3 is 16.0 Å². The van der Waals surface area contributed by atoms with E-state index in [1.807, 2.05) is 6.92 Å². The van der Waals surface area contributed by atoms with Gasteiger partial charge in [-0.2, -0.15) is 0 Å². The molecule has 0 bridgehead atoms. The van der Waals surface area contributed by atoms with Gasteiger partial charge in [0.15, 0.2) is 0 Å². The summed E-state index contributed by atoms with van der Waals surface area (Å²) < 4.78 is 0. The van der Waals surface area contributed by atoms with E-state index in [-0.39, 0.29) is 18.0 Å². The van der Waals surface area contributed by atoms with E-state index in [0.29, 0.717) is 12.5 Å². The van der Waals surface area contributed by atoms with Crippen LogP contribution >= 0.6 is 0 Å². The second-order valence-electron chi connectivity index (χ2n) is 6.45. The molecule has 0 radical (unpaired) electrons. The number of anilines is 1. The van der Waals surface area contributed by atoms with E-state index in [1.54, 1.807) is 0 Å². The minimum atomic E-state index is 0.0551. The third-order valence-electron chi connectivity index (χ3n) is 4.34. The number of nitrogens with two attached hydrogens (primary N) is 1. The molecular formula is C17H27N3O. The second-order valence-corrected chi connectivity index (χ2v) is 6.45. The fourth-order valence-corrected chi connectivity index (χ4v) is 2.58. The average Bonchev–Trinajstić information content (AvgIpc) is 2.80. The zero-order valence-electron chi connectivity index (χ0n) is 13.5. The van der Waals surface area contributed by atoms with Gasteiger partial charge in [0, 0.05) is 24.3 Å². The van der Waals surface area contributed by atoms with Gasteiger partial charge in [-0.05, 0) is 43.4 Å². The molecule has 2 atom stereocenters. The summed E-state index contributed by atoms with van der Waals surface area (Å²) in [6.07, 6.45) is 0.989. The van der Waals surface area contributed by atoms with Crippen LogP contribution in [0.15, 0.2) is 18.2 Å². The Balaban J connectivity index is 2.01. The highest BCUT2D eigenvalue weighted by Gasteiger charge is 2.22. The fraction of sp³-hybridized carbons (Fsp3) is 0.588. The Kier molecular flexibility index (Phi) is 4.88. The largest absolute Gasteiger partial charge is 0.362 e. The molecule has 0 fully saturated rings. The number of benzene rings is 1. The number of hydrogen-bond acceptors (Lipinski definition) is 3. The first-order valence-electron chi connectivity index (χ1n) is 7.81. The number of nitrogens with one attached hydrogen (secondary N) is 1. The molecule has 4 heteroatoms. The van der Waals surface area contributed by atoms with Crippen LogP contribution in [0.25, 0.3) is 0 Å². The molecule has 21 heavy (non-hydrogen) atoms. The third-order valence-corrected chi connectivity index (χ3v) is 4.34. The lowest BCUT2D eigenvalue weighted by Gasteiger charge is -2.22. The number of carbonyl (C=O) groups excluding carboxylic acids is 1. The minimum absolute atomic E-state index is 0.0551. The van der Waals surface area contributed by atoms with Crippen LogP contribution < -0.4 is 16.0 Å². The van der Waals surface area contributed by atoms with E-state index in [4.69, 9.17) is 5.73 Å². The Bertz CT molecular complexity index is 511. The van der Waals surface area contributed by atoms with Gasteiger partial charge in [-0.1, -0.05) is 26.0 Å². The maximum absolute atomic E-state index is 12.1. The number of amides is 1. The van der Waals surface area contributed by atoms with Gasteiger partial charge in [0.1, 0.15) is 0 Å². The molecule has 1 aromatic rings. The van der Waals surface area contributed by atoms with Crippen molar-refractivity contribution in [1.82, 2.24) is 5.32 Å². The molecule has 4 nitrogen and oxygen atoms in total. The van der Waals surface area contributed by atoms with E-state index in [1.165, 1.54) is 11.3 Å². The first kappa shape index (κ1) is 15.8. The molecule has 2 rings (SSSR count). The lowest BCUT2D eigenvalue weighted by atomic mass is 10.0. The molecule has 2 unspecified atom stereocenters. The molecule has 116 valence electrons. The van der Waals surface area contributed by atoms with Crippen molar-refractivity contribution < 1.29 is 4.79 Å². The quantitative estimate of drug-likeness (QED) is 0.874. The summed E-state index contributed by atoms with van der Waals surface area (Å²) in [5, 5.41) is 3.07. The zero-order valence-corrected chi connectivity index (χ0v) is 13.5. The van der Waals surface area contributed by atoms with Gasteiger partial charge in [-0.3, -0.25) is 4.79 Å². The van der Waals surface area contributed by atoms with Crippen molar-refractivity contribution in [3.8, 4) is 0 Å². The summed E-state index contributed by atoms with van der Waals surface area (Å²) in [5.41, 5.74) is 9.56. The summed E-state index contributed by atoms with van der Waals surface area (Å²) in [6.45, 7) is 9.62. The highest BCUT2D eigenvalue weighted by atomic mass is 16.2. The fourth-order valence-electron chi connectivity index (χ4n) is 2.58. The Morgan fingerprint density at radius 3 is 2.67 bits per heavy atom. The molecule has 0 saturated carbocycles. The molecular weight excluding hydrogens is 262 g/mol. The summed E-state index contributed by atoms with van der Waals surface area (Å²) in [7, 11) is 0. The molecule has 0 spiro atoms. The van der Waals surface area contributed by atoms with E-state index < -0.39 is 0 Å². The van der Waals surface area contributed by atoms with Crippen LogP contribution in [0.1, 0.15) is 44.9 Å². The number of carbonyl (C=O) groups is 1. The Labute approximate surface area is 127 Å². The monoisotopic (exact) mass is 289 g/mol. The van der Waals surface area contributed by atoms with Gasteiger partial charge in [0.05, 0.1) is 6.54 Å². The van der Waals surface area contributed by atoms with Crippen LogP contribution in [0.5, 0.6) is 0 Å². The minimum Gasteiger partial charge on any atom is -0.362 e. The third kappa shape index (κ3) is 3.76. The normalized spacial score (nSPS) is 16.8. The lowest BCUT2D eigenvalue weighted by molar-refractivity contribution is -0.120. The summed E-state index contributed by atoms with van der Waals surface area (Å²) in [4.78, 5) is 14.3. The number of hydrogen-bond donors (Lipinski definition) is 2. The molecule has 0 aliphatic carbocycles. The van der Waals surface area contributed by atoms with Crippen molar-refractivity contribution in [2.24, 2.45) is 11.7 Å². The molecule has 1 aromatic carbocycles. The smallest absolute Gasteiger partial charge is 0.239 e. The van der Waals surface area contributed by atoms with Crippen LogP contribution in [0.3, 0.4) is 0 Å². The van der Waals surface area contributed by atoms with Gasteiger partial charge in [-0.25, -0.2) is 0 Å². The standard InChI is InChI=1S/C17H27N3O/c1-11(2)13(4)19-17(21)10-20-8-7-15-9-14(12(3)18)5-6-16(15)20/h5-6,9,11-13H,7-8,10,18H2,1-4H3,(H,19,21). The van der Waals surface area contributed by atoms with Gasteiger partial charge >= 0.3 is 0 Å². The first-order chi connectivity index (χ1) is 9.88. The van der Waals surface area contributed by atoms with Gasteiger partial charge in [0.25, 0.3) is 0 Å². The molecule has 1 aliphatic rings. The number of fused-ring (bicyclic) bond motifs is 1.